The Bertz CT molecular complexity index is 356. The smallest absolute Gasteiger partial charge is 0.168 e. The highest BCUT2D eigenvalue weighted by atomic mass is 16.7. The third-order valence-corrected chi connectivity index (χ3v) is 5.96. The van der Waals surface area contributed by atoms with Crippen LogP contribution < -0.4 is 0 Å². The molecule has 4 aliphatic carbocycles. The van der Waals surface area contributed by atoms with E-state index in [2.05, 4.69) is 6.58 Å². The van der Waals surface area contributed by atoms with Gasteiger partial charge in [-0.2, -0.15) is 0 Å². The van der Waals surface area contributed by atoms with Gasteiger partial charge in [0.25, 0.3) is 0 Å². The van der Waals surface area contributed by atoms with E-state index in [1.807, 2.05) is 0 Å². The van der Waals surface area contributed by atoms with Crippen LogP contribution in [0.5, 0.6) is 0 Å². The monoisotopic (exact) mass is 234 g/mol. The van der Waals surface area contributed by atoms with Gasteiger partial charge < -0.3 is 9.47 Å². The van der Waals surface area contributed by atoms with Crippen LogP contribution in [0.15, 0.2) is 12.2 Å². The van der Waals surface area contributed by atoms with Gasteiger partial charge in [0.1, 0.15) is 0 Å². The zero-order chi connectivity index (χ0) is 11.5. The van der Waals surface area contributed by atoms with Gasteiger partial charge in [-0.1, -0.05) is 12.2 Å². The minimum Gasteiger partial charge on any atom is -0.348 e. The minimum atomic E-state index is -0.186. The summed E-state index contributed by atoms with van der Waals surface area (Å²) in [6.45, 7) is 5.91. The van der Waals surface area contributed by atoms with E-state index in [4.69, 9.17) is 9.47 Å². The molecule has 1 heterocycles. The highest BCUT2D eigenvalue weighted by Gasteiger charge is 2.56. The van der Waals surface area contributed by atoms with E-state index in [-0.39, 0.29) is 5.79 Å². The van der Waals surface area contributed by atoms with E-state index in [1.165, 1.54) is 37.7 Å². The standard InChI is InChI=1S/C15H22O2/c1-11-9-14-3-2-12(11)8-13(14)10-15(5-4-14)16-6-7-17-15/h12-13H,1-10H2/t12-,13-,14+/m0/s1. The molecule has 2 heteroatoms. The zero-order valence-corrected chi connectivity index (χ0v) is 10.5. The number of ether oxygens (including phenoxy) is 2. The molecule has 3 atom stereocenters. The Morgan fingerprint density at radius 2 is 1.94 bits per heavy atom. The molecule has 94 valence electrons. The number of hydrogen-bond acceptors (Lipinski definition) is 2. The average molecular weight is 234 g/mol. The lowest BCUT2D eigenvalue weighted by atomic mass is 9.49. The second-order valence-corrected chi connectivity index (χ2v) is 6.68. The summed E-state index contributed by atoms with van der Waals surface area (Å²) < 4.78 is 11.8. The number of fused-ring (bicyclic) bond motifs is 2. The van der Waals surface area contributed by atoms with Crippen molar-refractivity contribution in [1.29, 1.82) is 0 Å². The first-order valence-corrected chi connectivity index (χ1v) is 7.17. The molecule has 2 spiro atoms. The van der Waals surface area contributed by atoms with Crippen LogP contribution in [0.25, 0.3) is 0 Å². The molecule has 0 unspecified atom stereocenters. The Morgan fingerprint density at radius 3 is 2.71 bits per heavy atom. The largest absolute Gasteiger partial charge is 0.348 e. The fraction of sp³-hybridized carbons (Fsp3) is 0.867. The molecular weight excluding hydrogens is 212 g/mol. The lowest BCUT2D eigenvalue weighted by molar-refractivity contribution is -0.219. The molecule has 4 saturated carbocycles. The van der Waals surface area contributed by atoms with Crippen molar-refractivity contribution < 1.29 is 9.47 Å². The van der Waals surface area contributed by atoms with Crippen LogP contribution >= 0.6 is 0 Å². The van der Waals surface area contributed by atoms with Gasteiger partial charge in [-0.3, -0.25) is 0 Å². The first-order chi connectivity index (χ1) is 8.22. The molecule has 5 aliphatic rings. The molecule has 0 radical (unpaired) electrons. The first-order valence-electron chi connectivity index (χ1n) is 7.17. The maximum absolute atomic E-state index is 5.92. The van der Waals surface area contributed by atoms with E-state index in [9.17, 15) is 0 Å². The Labute approximate surface area is 103 Å². The van der Waals surface area contributed by atoms with Crippen LogP contribution in [0.4, 0.5) is 0 Å². The van der Waals surface area contributed by atoms with Crippen molar-refractivity contribution in [3.63, 3.8) is 0 Å². The van der Waals surface area contributed by atoms with Crippen molar-refractivity contribution in [2.24, 2.45) is 17.3 Å². The molecule has 0 aromatic rings. The normalized spacial score (nSPS) is 47.4. The predicted octanol–water partition coefficient (Wildman–Crippen LogP) is 3.28. The minimum absolute atomic E-state index is 0.186. The first kappa shape index (κ1) is 10.6. The molecule has 2 nitrogen and oxygen atoms in total. The summed E-state index contributed by atoms with van der Waals surface area (Å²) in [7, 11) is 0. The highest BCUT2D eigenvalue weighted by molar-refractivity contribution is 5.18. The van der Waals surface area contributed by atoms with Gasteiger partial charge in [-0.05, 0) is 49.4 Å². The highest BCUT2D eigenvalue weighted by Crippen LogP contribution is 2.63. The van der Waals surface area contributed by atoms with Gasteiger partial charge in [0.05, 0.1) is 13.2 Å². The Hall–Kier alpha value is -0.340. The second kappa shape index (κ2) is 3.36. The van der Waals surface area contributed by atoms with Gasteiger partial charge in [-0.15, -0.1) is 0 Å². The maximum Gasteiger partial charge on any atom is 0.168 e. The molecule has 0 aromatic heterocycles. The fourth-order valence-electron chi connectivity index (χ4n) is 4.97. The summed E-state index contributed by atoms with van der Waals surface area (Å²) in [5.74, 6) is 1.45. The van der Waals surface area contributed by atoms with E-state index >= 15 is 0 Å². The molecule has 0 amide bonds. The van der Waals surface area contributed by atoms with Crippen LogP contribution in [0.1, 0.15) is 44.9 Å². The average Bonchev–Trinajstić information content (AvgIpc) is 2.78. The molecule has 0 aromatic carbocycles. The van der Waals surface area contributed by atoms with E-state index in [0.29, 0.717) is 5.41 Å². The summed E-state index contributed by atoms with van der Waals surface area (Å²) in [5, 5.41) is 0. The molecule has 2 bridgehead atoms. The maximum atomic E-state index is 5.92. The SMILES string of the molecule is C=C1C[C@]23CC[C@H]1C[C@H]2CC1(CC3)OCCO1. The predicted molar refractivity (Wildman–Crippen MR) is 65.5 cm³/mol. The van der Waals surface area contributed by atoms with Crippen molar-refractivity contribution in [3.8, 4) is 0 Å². The lowest BCUT2D eigenvalue weighted by Crippen LogP contribution is -2.51. The van der Waals surface area contributed by atoms with Crippen molar-refractivity contribution in [2.75, 3.05) is 13.2 Å². The fourth-order valence-corrected chi connectivity index (χ4v) is 4.97. The van der Waals surface area contributed by atoms with E-state index < -0.39 is 0 Å². The van der Waals surface area contributed by atoms with Gasteiger partial charge in [0, 0.05) is 12.8 Å². The molecule has 17 heavy (non-hydrogen) atoms. The van der Waals surface area contributed by atoms with E-state index in [0.717, 1.165) is 37.9 Å². The van der Waals surface area contributed by atoms with Gasteiger partial charge in [-0.25, -0.2) is 0 Å². The Morgan fingerprint density at radius 1 is 1.12 bits per heavy atom. The number of hydrogen-bond donors (Lipinski definition) is 0. The van der Waals surface area contributed by atoms with Crippen molar-refractivity contribution in [1.82, 2.24) is 0 Å². The third kappa shape index (κ3) is 1.40. The van der Waals surface area contributed by atoms with Crippen LogP contribution in [0, 0.1) is 17.3 Å². The third-order valence-electron chi connectivity index (χ3n) is 5.96. The summed E-state index contributed by atoms with van der Waals surface area (Å²) >= 11 is 0. The number of rotatable bonds is 0. The van der Waals surface area contributed by atoms with Crippen molar-refractivity contribution >= 4 is 0 Å². The van der Waals surface area contributed by atoms with Crippen LogP contribution in [0.3, 0.4) is 0 Å². The van der Waals surface area contributed by atoms with Crippen molar-refractivity contribution in [2.45, 2.75) is 50.7 Å². The lowest BCUT2D eigenvalue weighted by Gasteiger charge is -2.58. The summed E-state index contributed by atoms with van der Waals surface area (Å²) in [4.78, 5) is 0. The van der Waals surface area contributed by atoms with Crippen LogP contribution in [-0.4, -0.2) is 19.0 Å². The summed E-state index contributed by atoms with van der Waals surface area (Å²) in [5.41, 5.74) is 2.11. The topological polar surface area (TPSA) is 18.5 Å². The quantitative estimate of drug-likeness (QED) is 0.599. The molecule has 5 rings (SSSR count). The molecular formula is C15H22O2. The van der Waals surface area contributed by atoms with Crippen LogP contribution in [-0.2, 0) is 9.47 Å². The van der Waals surface area contributed by atoms with Gasteiger partial charge >= 0.3 is 0 Å². The van der Waals surface area contributed by atoms with Gasteiger partial charge in [0.2, 0.25) is 0 Å². The Balaban J connectivity index is 1.61. The summed E-state index contributed by atoms with van der Waals surface area (Å²) in [6, 6.07) is 0. The molecule has 5 fully saturated rings. The molecule has 1 saturated heterocycles. The Kier molecular flexibility index (Phi) is 2.09. The van der Waals surface area contributed by atoms with Crippen molar-refractivity contribution in [3.05, 3.63) is 12.2 Å². The van der Waals surface area contributed by atoms with Gasteiger partial charge in [0.15, 0.2) is 5.79 Å². The van der Waals surface area contributed by atoms with E-state index in [1.54, 1.807) is 0 Å². The second-order valence-electron chi connectivity index (χ2n) is 6.68. The number of allylic oxidation sites excluding steroid dienone is 1. The summed E-state index contributed by atoms with van der Waals surface area (Å²) in [6.07, 6.45) is 9.02. The molecule has 0 N–H and O–H groups in total. The molecule has 1 aliphatic heterocycles. The zero-order valence-electron chi connectivity index (χ0n) is 10.5. The van der Waals surface area contributed by atoms with Crippen LogP contribution in [0.2, 0.25) is 0 Å².